The number of aromatic nitrogens is 1. The van der Waals surface area contributed by atoms with E-state index in [-0.39, 0.29) is 12.6 Å². The molecule has 100 valence electrons. The van der Waals surface area contributed by atoms with Gasteiger partial charge in [0.1, 0.15) is 0 Å². The molecule has 1 N–H and O–H groups in total. The molecular formula is C13H20N2O3. The van der Waals surface area contributed by atoms with Crippen molar-refractivity contribution in [3.05, 3.63) is 23.9 Å². The number of nitrogens with zero attached hydrogens (tertiary/aromatic N) is 2. The normalized spacial score (nSPS) is 12.4. The molecule has 0 fully saturated rings. The van der Waals surface area contributed by atoms with E-state index in [2.05, 4.69) is 4.98 Å². The Morgan fingerprint density at radius 3 is 2.89 bits per heavy atom. The minimum absolute atomic E-state index is 0.0209. The second kappa shape index (κ2) is 6.96. The lowest BCUT2D eigenvalue weighted by Gasteiger charge is -2.26. The maximum absolute atomic E-state index is 10.9. The Labute approximate surface area is 107 Å². The van der Waals surface area contributed by atoms with E-state index in [1.165, 1.54) is 0 Å². The first kappa shape index (κ1) is 14.4. The molecule has 1 rings (SSSR count). The van der Waals surface area contributed by atoms with Crippen LogP contribution in [0.15, 0.2) is 18.3 Å². The summed E-state index contributed by atoms with van der Waals surface area (Å²) in [6.45, 7) is 4.61. The fourth-order valence-corrected chi connectivity index (χ4v) is 1.75. The van der Waals surface area contributed by atoms with Crippen LogP contribution >= 0.6 is 0 Å². The van der Waals surface area contributed by atoms with Crippen molar-refractivity contribution in [2.45, 2.75) is 32.9 Å². The van der Waals surface area contributed by atoms with E-state index in [0.717, 1.165) is 12.0 Å². The average molecular weight is 252 g/mol. The Balaban J connectivity index is 2.84. The molecule has 1 unspecified atom stereocenters. The van der Waals surface area contributed by atoms with Gasteiger partial charge in [0.2, 0.25) is 5.88 Å². The molecule has 5 nitrogen and oxygen atoms in total. The Hall–Kier alpha value is -1.62. The molecule has 0 aliphatic rings. The van der Waals surface area contributed by atoms with Crippen LogP contribution in [0.25, 0.3) is 0 Å². The summed E-state index contributed by atoms with van der Waals surface area (Å²) in [5, 5.41) is 8.94. The van der Waals surface area contributed by atoms with Gasteiger partial charge >= 0.3 is 5.97 Å². The van der Waals surface area contributed by atoms with E-state index in [1.807, 2.05) is 30.9 Å². The van der Waals surface area contributed by atoms with Crippen molar-refractivity contribution in [1.29, 1.82) is 0 Å². The number of hydrogen-bond acceptors (Lipinski definition) is 4. The second-order valence-corrected chi connectivity index (χ2v) is 4.23. The largest absolute Gasteiger partial charge is 0.481 e. The zero-order valence-electron chi connectivity index (χ0n) is 11.1. The van der Waals surface area contributed by atoms with E-state index in [0.29, 0.717) is 12.4 Å². The monoisotopic (exact) mass is 252 g/mol. The zero-order valence-corrected chi connectivity index (χ0v) is 11.1. The van der Waals surface area contributed by atoms with E-state index in [4.69, 9.17) is 9.84 Å². The number of pyridine rings is 1. The van der Waals surface area contributed by atoms with Crippen LogP contribution in [0.1, 0.15) is 25.8 Å². The Morgan fingerprint density at radius 1 is 1.61 bits per heavy atom. The highest BCUT2D eigenvalue weighted by Gasteiger charge is 2.17. The van der Waals surface area contributed by atoms with Gasteiger partial charge < -0.3 is 9.84 Å². The Morgan fingerprint density at radius 2 is 2.33 bits per heavy atom. The van der Waals surface area contributed by atoms with Crippen LogP contribution in [-0.4, -0.2) is 40.7 Å². The molecule has 1 aromatic rings. The summed E-state index contributed by atoms with van der Waals surface area (Å²) < 4.78 is 5.18. The maximum Gasteiger partial charge on any atom is 0.317 e. The van der Waals surface area contributed by atoms with Gasteiger partial charge in [-0.2, -0.15) is 0 Å². The third kappa shape index (κ3) is 4.00. The summed E-state index contributed by atoms with van der Waals surface area (Å²) in [5.74, 6) is -0.269. The van der Waals surface area contributed by atoms with Gasteiger partial charge in [0.25, 0.3) is 0 Å². The quantitative estimate of drug-likeness (QED) is 0.801. The molecule has 1 atom stereocenters. The van der Waals surface area contributed by atoms with Crippen molar-refractivity contribution in [2.24, 2.45) is 0 Å². The van der Waals surface area contributed by atoms with Crippen LogP contribution in [0, 0.1) is 0 Å². The number of carboxylic acid groups (broad SMARTS) is 1. The van der Waals surface area contributed by atoms with Crippen molar-refractivity contribution >= 4 is 5.97 Å². The fraction of sp³-hybridized carbons (Fsp3) is 0.538. The molecule has 5 heteroatoms. The lowest BCUT2D eigenvalue weighted by atomic mass is 10.1. The van der Waals surface area contributed by atoms with Crippen LogP contribution in [-0.2, 0) is 11.3 Å². The van der Waals surface area contributed by atoms with Gasteiger partial charge in [-0.15, -0.1) is 0 Å². The van der Waals surface area contributed by atoms with Gasteiger partial charge in [-0.3, -0.25) is 9.69 Å². The highest BCUT2D eigenvalue weighted by atomic mass is 16.5. The molecule has 0 spiro atoms. The zero-order chi connectivity index (χ0) is 13.5. The van der Waals surface area contributed by atoms with Crippen molar-refractivity contribution in [3.8, 4) is 5.88 Å². The van der Waals surface area contributed by atoms with Crippen molar-refractivity contribution in [1.82, 2.24) is 9.88 Å². The summed E-state index contributed by atoms with van der Waals surface area (Å²) in [7, 11) is 1.57. The van der Waals surface area contributed by atoms with Crippen LogP contribution in [0.2, 0.25) is 0 Å². The third-order valence-electron chi connectivity index (χ3n) is 2.97. The first-order valence-electron chi connectivity index (χ1n) is 6.02. The summed E-state index contributed by atoms with van der Waals surface area (Å²) in [4.78, 5) is 16.9. The standard InChI is InChI=1S/C13H20N2O3/c1-4-10(2)15(9-12(16)17)8-11-6-5-7-14-13(11)18-3/h5-7,10H,4,8-9H2,1-3H3,(H,16,17). The minimum atomic E-state index is -0.821. The molecule has 0 aliphatic heterocycles. The lowest BCUT2D eigenvalue weighted by Crippen LogP contribution is -2.36. The number of aliphatic carboxylic acids is 1. The van der Waals surface area contributed by atoms with Crippen molar-refractivity contribution in [3.63, 3.8) is 0 Å². The molecule has 0 aliphatic carbocycles. The van der Waals surface area contributed by atoms with Crippen LogP contribution < -0.4 is 4.74 Å². The fourth-order valence-electron chi connectivity index (χ4n) is 1.75. The van der Waals surface area contributed by atoms with Crippen molar-refractivity contribution in [2.75, 3.05) is 13.7 Å². The first-order chi connectivity index (χ1) is 8.58. The van der Waals surface area contributed by atoms with E-state index in [1.54, 1.807) is 13.3 Å². The lowest BCUT2D eigenvalue weighted by molar-refractivity contribution is -0.139. The smallest absolute Gasteiger partial charge is 0.317 e. The molecule has 0 radical (unpaired) electrons. The molecule has 18 heavy (non-hydrogen) atoms. The molecule has 0 bridgehead atoms. The summed E-state index contributed by atoms with van der Waals surface area (Å²) in [6.07, 6.45) is 2.56. The number of rotatable bonds is 7. The molecule has 0 saturated carbocycles. The van der Waals surface area contributed by atoms with Gasteiger partial charge in [-0.05, 0) is 19.4 Å². The number of ether oxygens (including phenoxy) is 1. The van der Waals surface area contributed by atoms with Crippen LogP contribution in [0.3, 0.4) is 0 Å². The average Bonchev–Trinajstić information content (AvgIpc) is 2.37. The van der Waals surface area contributed by atoms with Crippen molar-refractivity contribution < 1.29 is 14.6 Å². The Kier molecular flexibility index (Phi) is 5.58. The molecule has 0 amide bonds. The minimum Gasteiger partial charge on any atom is -0.481 e. The van der Waals surface area contributed by atoms with E-state index in [9.17, 15) is 4.79 Å². The molecule has 0 saturated heterocycles. The predicted octanol–water partition coefficient (Wildman–Crippen LogP) is 1.78. The van der Waals surface area contributed by atoms with Crippen LogP contribution in [0.4, 0.5) is 0 Å². The summed E-state index contributed by atoms with van der Waals surface area (Å²) in [5.41, 5.74) is 0.904. The first-order valence-corrected chi connectivity index (χ1v) is 6.02. The van der Waals surface area contributed by atoms with Gasteiger partial charge in [0.05, 0.1) is 13.7 Å². The van der Waals surface area contributed by atoms with E-state index < -0.39 is 5.97 Å². The molecular weight excluding hydrogens is 232 g/mol. The van der Waals surface area contributed by atoms with E-state index >= 15 is 0 Å². The number of carbonyl (C=O) groups is 1. The SMILES string of the molecule is CCC(C)N(CC(=O)O)Cc1cccnc1OC. The maximum atomic E-state index is 10.9. The molecule has 0 aromatic carbocycles. The summed E-state index contributed by atoms with van der Waals surface area (Å²) in [6, 6.07) is 3.93. The van der Waals surface area contributed by atoms with Gasteiger partial charge in [0.15, 0.2) is 0 Å². The number of methoxy groups -OCH3 is 1. The van der Waals surface area contributed by atoms with Gasteiger partial charge in [-0.1, -0.05) is 13.0 Å². The summed E-state index contributed by atoms with van der Waals surface area (Å²) >= 11 is 0. The highest BCUT2D eigenvalue weighted by Crippen LogP contribution is 2.18. The third-order valence-corrected chi connectivity index (χ3v) is 2.97. The molecule has 1 heterocycles. The number of carboxylic acids is 1. The van der Waals surface area contributed by atoms with Gasteiger partial charge in [-0.25, -0.2) is 4.98 Å². The predicted molar refractivity (Wildman–Crippen MR) is 68.6 cm³/mol. The highest BCUT2D eigenvalue weighted by molar-refractivity contribution is 5.69. The molecule has 1 aromatic heterocycles. The topological polar surface area (TPSA) is 62.7 Å². The van der Waals surface area contributed by atoms with Crippen LogP contribution in [0.5, 0.6) is 5.88 Å². The second-order valence-electron chi connectivity index (χ2n) is 4.23. The Bertz CT molecular complexity index is 396. The van der Waals surface area contributed by atoms with Gasteiger partial charge in [0, 0.05) is 24.3 Å². The number of hydrogen-bond donors (Lipinski definition) is 1.